The highest BCUT2D eigenvalue weighted by atomic mass is 127. The molecule has 0 spiro atoms. The van der Waals surface area contributed by atoms with Crippen LogP contribution in [0.3, 0.4) is 0 Å². The van der Waals surface area contributed by atoms with Gasteiger partial charge in [0.15, 0.2) is 5.96 Å². The van der Waals surface area contributed by atoms with E-state index in [1.165, 1.54) is 6.26 Å². The second-order valence-corrected chi connectivity index (χ2v) is 10.1. The summed E-state index contributed by atoms with van der Waals surface area (Å²) in [7, 11) is -2.96. The number of hydrogen-bond acceptors (Lipinski definition) is 4. The molecule has 1 unspecified atom stereocenters. The molecule has 0 saturated heterocycles. The average Bonchev–Trinajstić information content (AvgIpc) is 2.57. The van der Waals surface area contributed by atoms with Crippen LogP contribution in [-0.4, -0.2) is 52.1 Å². The summed E-state index contributed by atoms with van der Waals surface area (Å²) in [5.74, 6) is 1.78. The topological polar surface area (TPSA) is 79.8 Å². The number of ether oxygens (including phenoxy) is 1. The van der Waals surface area contributed by atoms with Crippen LogP contribution >= 0.6 is 24.0 Å². The quantitative estimate of drug-likeness (QED) is 0.278. The summed E-state index contributed by atoms with van der Waals surface area (Å²) >= 11 is 0. The summed E-state index contributed by atoms with van der Waals surface area (Å²) in [5.41, 5.74) is 0.923. The molecule has 1 rings (SSSR count). The van der Waals surface area contributed by atoms with Gasteiger partial charge >= 0.3 is 0 Å². The van der Waals surface area contributed by atoms with Crippen molar-refractivity contribution in [2.75, 3.05) is 31.6 Å². The van der Waals surface area contributed by atoms with Crippen molar-refractivity contribution in [3.05, 3.63) is 29.8 Å². The second-order valence-electron chi connectivity index (χ2n) is 7.81. The summed E-state index contributed by atoms with van der Waals surface area (Å²) in [6.07, 6.45) is 1.84. The Morgan fingerprint density at radius 3 is 2.46 bits per heavy atom. The largest absolute Gasteiger partial charge is 0.489 e. The zero-order valence-corrected chi connectivity index (χ0v) is 21.1. The predicted octanol–water partition coefficient (Wildman–Crippen LogP) is 3.40. The maximum Gasteiger partial charge on any atom is 0.191 e. The van der Waals surface area contributed by atoms with Crippen LogP contribution in [0.1, 0.15) is 39.7 Å². The molecule has 6 nitrogen and oxygen atoms in total. The van der Waals surface area contributed by atoms with Gasteiger partial charge in [-0.15, -0.1) is 24.0 Å². The van der Waals surface area contributed by atoms with E-state index < -0.39 is 9.84 Å². The van der Waals surface area contributed by atoms with Crippen LogP contribution < -0.4 is 15.4 Å². The highest BCUT2D eigenvalue weighted by Crippen LogP contribution is 2.21. The lowest BCUT2D eigenvalue weighted by molar-refractivity contribution is 0.222. The van der Waals surface area contributed by atoms with Crippen molar-refractivity contribution >= 4 is 39.8 Å². The molecule has 1 aromatic carbocycles. The van der Waals surface area contributed by atoms with E-state index in [0.29, 0.717) is 25.5 Å². The van der Waals surface area contributed by atoms with Gasteiger partial charge in [0.1, 0.15) is 21.7 Å². The Kier molecular flexibility index (Phi) is 12.1. The van der Waals surface area contributed by atoms with E-state index in [1.54, 1.807) is 0 Å². The Hall–Kier alpha value is -1.03. The van der Waals surface area contributed by atoms with Crippen LogP contribution in [-0.2, 0) is 9.84 Å². The number of aryl methyl sites for hydroxylation is 1. The zero-order valence-electron chi connectivity index (χ0n) is 17.9. The van der Waals surface area contributed by atoms with Gasteiger partial charge in [0.2, 0.25) is 0 Å². The standard InChI is InChI=1S/C20H35N3O3S.HI/c1-7-21-19(23-15-20(4,5)12-13-27(6,24)25)22-14-17(3)26-18-11-9-8-10-16(18)2;/h8-11,17H,7,12-15H2,1-6H3,(H2,21,22,23);1H. The molecule has 28 heavy (non-hydrogen) atoms. The minimum absolute atomic E-state index is 0. The smallest absolute Gasteiger partial charge is 0.191 e. The Labute approximate surface area is 187 Å². The number of nitrogens with zero attached hydrogens (tertiary/aromatic N) is 1. The van der Waals surface area contributed by atoms with Crippen molar-refractivity contribution < 1.29 is 13.2 Å². The van der Waals surface area contributed by atoms with Gasteiger partial charge in [-0.1, -0.05) is 32.0 Å². The fourth-order valence-corrected chi connectivity index (χ4v) is 3.29. The van der Waals surface area contributed by atoms with Crippen LogP contribution in [0.4, 0.5) is 0 Å². The minimum Gasteiger partial charge on any atom is -0.489 e. The van der Waals surface area contributed by atoms with Gasteiger partial charge < -0.3 is 15.4 Å². The highest BCUT2D eigenvalue weighted by molar-refractivity contribution is 14.0. The maximum atomic E-state index is 11.4. The van der Waals surface area contributed by atoms with Crippen molar-refractivity contribution in [2.45, 2.75) is 47.1 Å². The first-order valence-electron chi connectivity index (χ1n) is 9.44. The Balaban J connectivity index is 0.00000729. The summed E-state index contributed by atoms with van der Waals surface area (Å²) < 4.78 is 28.8. The van der Waals surface area contributed by atoms with Gasteiger partial charge in [-0.2, -0.15) is 0 Å². The molecule has 0 aliphatic rings. The Morgan fingerprint density at radius 2 is 1.89 bits per heavy atom. The van der Waals surface area contributed by atoms with E-state index in [-0.39, 0.29) is 41.2 Å². The van der Waals surface area contributed by atoms with Crippen molar-refractivity contribution in [1.29, 1.82) is 0 Å². The van der Waals surface area contributed by atoms with Crippen LogP contribution in [0.2, 0.25) is 0 Å². The number of hydrogen-bond donors (Lipinski definition) is 2. The van der Waals surface area contributed by atoms with Crippen LogP contribution in [0, 0.1) is 12.3 Å². The molecule has 1 atom stereocenters. The molecule has 0 saturated carbocycles. The molecule has 0 heterocycles. The molecule has 0 aliphatic carbocycles. The van der Waals surface area contributed by atoms with E-state index in [0.717, 1.165) is 17.9 Å². The third kappa shape index (κ3) is 11.7. The first kappa shape index (κ1) is 27.0. The fourth-order valence-electron chi connectivity index (χ4n) is 2.36. The first-order chi connectivity index (χ1) is 12.5. The number of halogens is 1. The molecule has 2 N–H and O–H groups in total. The number of rotatable bonds is 10. The lowest BCUT2D eigenvalue weighted by Crippen LogP contribution is -2.42. The van der Waals surface area contributed by atoms with Crippen LogP contribution in [0.25, 0.3) is 0 Å². The number of nitrogens with one attached hydrogen (secondary N) is 2. The molecule has 0 bridgehead atoms. The molecule has 0 radical (unpaired) electrons. The lowest BCUT2D eigenvalue weighted by Gasteiger charge is -2.23. The molecular formula is C20H36IN3O3S. The van der Waals surface area contributed by atoms with Gasteiger partial charge in [-0.3, -0.25) is 4.99 Å². The van der Waals surface area contributed by atoms with Gasteiger partial charge in [-0.05, 0) is 44.2 Å². The van der Waals surface area contributed by atoms with Crippen molar-refractivity contribution in [3.63, 3.8) is 0 Å². The van der Waals surface area contributed by atoms with E-state index >= 15 is 0 Å². The van der Waals surface area contributed by atoms with E-state index in [1.807, 2.05) is 58.9 Å². The van der Waals surface area contributed by atoms with Crippen LogP contribution in [0.15, 0.2) is 29.3 Å². The number of guanidine groups is 1. The summed E-state index contributed by atoms with van der Waals surface area (Å²) in [5, 5.41) is 6.52. The number of sulfone groups is 1. The summed E-state index contributed by atoms with van der Waals surface area (Å²) in [4.78, 5) is 4.63. The third-order valence-electron chi connectivity index (χ3n) is 4.14. The predicted molar refractivity (Wildman–Crippen MR) is 129 cm³/mol. The highest BCUT2D eigenvalue weighted by Gasteiger charge is 2.20. The van der Waals surface area contributed by atoms with Crippen LogP contribution in [0.5, 0.6) is 5.75 Å². The minimum atomic E-state index is -2.96. The molecule has 162 valence electrons. The Morgan fingerprint density at radius 1 is 1.25 bits per heavy atom. The van der Waals surface area contributed by atoms with Gasteiger partial charge in [0.05, 0.1) is 12.3 Å². The van der Waals surface area contributed by atoms with Crippen molar-refractivity contribution in [1.82, 2.24) is 10.6 Å². The lowest BCUT2D eigenvalue weighted by atomic mass is 9.90. The molecule has 1 aromatic rings. The average molecular weight is 525 g/mol. The second kappa shape index (κ2) is 12.5. The number of aliphatic imine (C=N–C) groups is 1. The zero-order chi connectivity index (χ0) is 20.5. The van der Waals surface area contributed by atoms with Crippen molar-refractivity contribution in [2.24, 2.45) is 10.4 Å². The van der Waals surface area contributed by atoms with Gasteiger partial charge in [0.25, 0.3) is 0 Å². The van der Waals surface area contributed by atoms with E-state index in [2.05, 4.69) is 15.6 Å². The number of benzene rings is 1. The fraction of sp³-hybridized carbons (Fsp3) is 0.650. The maximum absolute atomic E-state index is 11.4. The molecule has 0 aromatic heterocycles. The third-order valence-corrected chi connectivity index (χ3v) is 5.08. The Bertz CT molecular complexity index is 721. The monoisotopic (exact) mass is 525 g/mol. The summed E-state index contributed by atoms with van der Waals surface area (Å²) in [6.45, 7) is 12.0. The molecule has 0 amide bonds. The van der Waals surface area contributed by atoms with Gasteiger partial charge in [0, 0.05) is 19.3 Å². The normalized spacial score (nSPS) is 13.4. The molecule has 8 heteroatoms. The SMILES string of the molecule is CCNC(=NCC(C)(C)CCS(C)(=O)=O)NCC(C)Oc1ccccc1C.I. The van der Waals surface area contributed by atoms with E-state index in [9.17, 15) is 8.42 Å². The van der Waals surface area contributed by atoms with Crippen molar-refractivity contribution in [3.8, 4) is 5.75 Å². The first-order valence-corrected chi connectivity index (χ1v) is 11.5. The van der Waals surface area contributed by atoms with E-state index in [4.69, 9.17) is 4.74 Å². The van der Waals surface area contributed by atoms with Gasteiger partial charge in [-0.25, -0.2) is 8.42 Å². The summed E-state index contributed by atoms with van der Waals surface area (Å²) in [6, 6.07) is 7.95. The molecule has 0 fully saturated rings. The number of para-hydroxylation sites is 1. The molecular weight excluding hydrogens is 489 g/mol. The molecule has 0 aliphatic heterocycles.